The van der Waals surface area contributed by atoms with E-state index in [1.165, 1.54) is 50.4 Å². The van der Waals surface area contributed by atoms with Crippen molar-refractivity contribution in [3.8, 4) is 0 Å². The number of piperidine rings is 1. The van der Waals surface area contributed by atoms with Crippen LogP contribution in [0.15, 0.2) is 24.3 Å². The number of ether oxygens (including phenoxy) is 1. The minimum absolute atomic E-state index is 0.183. The number of aromatic amines is 1. The molecule has 0 amide bonds. The van der Waals surface area contributed by atoms with Gasteiger partial charge in [-0.1, -0.05) is 31.5 Å². The van der Waals surface area contributed by atoms with Crippen LogP contribution in [0.1, 0.15) is 50.3 Å². The van der Waals surface area contributed by atoms with Crippen molar-refractivity contribution in [3.05, 3.63) is 35.5 Å². The topological polar surface area (TPSA) is 45.3 Å². The molecule has 3 rings (SSSR count). The number of nitrogens with one attached hydrogen (secondary N) is 1. The third-order valence-electron chi connectivity index (χ3n) is 5.69. The molecule has 25 heavy (non-hydrogen) atoms. The number of hydrogen-bond donors (Lipinski definition) is 1. The molecular formula is C21H30N2O2. The van der Waals surface area contributed by atoms with E-state index in [1.807, 2.05) is 13.0 Å². The summed E-state index contributed by atoms with van der Waals surface area (Å²) in [5.41, 5.74) is 3.39. The van der Waals surface area contributed by atoms with Crippen LogP contribution >= 0.6 is 0 Å². The Labute approximate surface area is 150 Å². The van der Waals surface area contributed by atoms with E-state index < -0.39 is 0 Å². The summed E-state index contributed by atoms with van der Waals surface area (Å²) in [5.74, 6) is 0.388. The van der Waals surface area contributed by atoms with Crippen molar-refractivity contribution in [2.75, 3.05) is 26.7 Å². The van der Waals surface area contributed by atoms with Crippen LogP contribution in [0.5, 0.6) is 0 Å². The summed E-state index contributed by atoms with van der Waals surface area (Å²) in [5, 5.41) is 1.23. The van der Waals surface area contributed by atoms with Crippen LogP contribution in [-0.4, -0.2) is 42.6 Å². The first-order chi connectivity index (χ1) is 12.1. The number of para-hydroxylation sites is 1. The molecule has 136 valence electrons. The number of benzene rings is 1. The van der Waals surface area contributed by atoms with E-state index in [4.69, 9.17) is 4.74 Å². The fourth-order valence-electron chi connectivity index (χ4n) is 4.11. The Morgan fingerprint density at radius 2 is 2.20 bits per heavy atom. The molecule has 0 saturated carbocycles. The molecule has 1 aromatic heterocycles. The normalized spacial score (nSPS) is 19.9. The maximum Gasteiger partial charge on any atom is 0.314 e. The number of carbonyl (C=O) groups is 1. The highest BCUT2D eigenvalue weighted by molar-refractivity contribution is 5.88. The summed E-state index contributed by atoms with van der Waals surface area (Å²) in [4.78, 5) is 18.1. The predicted molar refractivity (Wildman–Crippen MR) is 102 cm³/mol. The maximum absolute atomic E-state index is 12.1. The number of carbonyl (C=O) groups excluding carboxylic acids is 1. The van der Waals surface area contributed by atoms with Gasteiger partial charge in [0.05, 0.1) is 13.0 Å². The molecule has 2 aromatic rings. The number of fused-ring (bicyclic) bond motifs is 1. The van der Waals surface area contributed by atoms with E-state index in [2.05, 4.69) is 35.0 Å². The molecule has 4 heteroatoms. The SMILES string of the molecule is CCC1CCCN(CCc2c(C(C)C(=O)OC)[nH]c3ccccc23)C1. The summed E-state index contributed by atoms with van der Waals surface area (Å²) < 4.78 is 4.97. The Bertz CT molecular complexity index is 722. The lowest BCUT2D eigenvalue weighted by molar-refractivity contribution is -0.142. The van der Waals surface area contributed by atoms with Crippen molar-refractivity contribution in [1.29, 1.82) is 0 Å². The van der Waals surface area contributed by atoms with Gasteiger partial charge in [0.15, 0.2) is 0 Å². The molecule has 2 unspecified atom stereocenters. The lowest BCUT2D eigenvalue weighted by atomic mass is 9.94. The lowest BCUT2D eigenvalue weighted by Gasteiger charge is -2.32. The van der Waals surface area contributed by atoms with Gasteiger partial charge in [-0.3, -0.25) is 4.79 Å². The standard InChI is InChI=1S/C21H30N2O2/c1-4-16-8-7-12-23(14-16)13-11-18-17-9-5-6-10-19(17)22-20(18)15(2)21(24)25-3/h5-6,9-10,15-16,22H,4,7-8,11-14H2,1-3H3. The molecule has 1 N–H and O–H groups in total. The van der Waals surface area contributed by atoms with E-state index in [0.717, 1.165) is 30.1 Å². The van der Waals surface area contributed by atoms with E-state index in [-0.39, 0.29) is 11.9 Å². The van der Waals surface area contributed by atoms with Crippen LogP contribution < -0.4 is 0 Å². The molecule has 0 aliphatic carbocycles. The third-order valence-corrected chi connectivity index (χ3v) is 5.69. The second-order valence-corrected chi connectivity index (χ2v) is 7.27. The van der Waals surface area contributed by atoms with Crippen LogP contribution in [0.2, 0.25) is 0 Å². The second-order valence-electron chi connectivity index (χ2n) is 7.27. The highest BCUT2D eigenvalue weighted by Crippen LogP contribution is 2.29. The first-order valence-electron chi connectivity index (χ1n) is 9.53. The Morgan fingerprint density at radius 3 is 2.96 bits per heavy atom. The van der Waals surface area contributed by atoms with Gasteiger partial charge in [0.2, 0.25) is 0 Å². The zero-order valence-corrected chi connectivity index (χ0v) is 15.7. The van der Waals surface area contributed by atoms with Crippen molar-refractivity contribution < 1.29 is 9.53 Å². The highest BCUT2D eigenvalue weighted by atomic mass is 16.5. The molecule has 2 atom stereocenters. The fraction of sp³-hybridized carbons (Fsp3) is 0.571. The van der Waals surface area contributed by atoms with E-state index >= 15 is 0 Å². The molecule has 0 radical (unpaired) electrons. The minimum Gasteiger partial charge on any atom is -0.469 e. The summed E-state index contributed by atoms with van der Waals surface area (Å²) in [7, 11) is 1.46. The molecule has 1 aliphatic heterocycles. The first kappa shape index (κ1) is 18.0. The van der Waals surface area contributed by atoms with Crippen molar-refractivity contribution in [3.63, 3.8) is 0 Å². The largest absolute Gasteiger partial charge is 0.469 e. The summed E-state index contributed by atoms with van der Waals surface area (Å²) in [6.45, 7) is 7.68. The summed E-state index contributed by atoms with van der Waals surface area (Å²) in [6, 6.07) is 8.34. The van der Waals surface area contributed by atoms with Gasteiger partial charge < -0.3 is 14.6 Å². The second kappa shape index (κ2) is 8.05. The Hall–Kier alpha value is -1.81. The van der Waals surface area contributed by atoms with Gasteiger partial charge in [-0.05, 0) is 50.3 Å². The highest BCUT2D eigenvalue weighted by Gasteiger charge is 2.24. The molecule has 1 fully saturated rings. The third kappa shape index (κ3) is 3.90. The summed E-state index contributed by atoms with van der Waals surface area (Å²) in [6.07, 6.45) is 4.91. The number of H-pyrrole nitrogens is 1. The quantitative estimate of drug-likeness (QED) is 0.804. The fourth-order valence-corrected chi connectivity index (χ4v) is 4.11. The number of methoxy groups -OCH3 is 1. The monoisotopic (exact) mass is 342 g/mol. The smallest absolute Gasteiger partial charge is 0.314 e. The van der Waals surface area contributed by atoms with E-state index in [1.54, 1.807) is 0 Å². The van der Waals surface area contributed by atoms with Crippen LogP contribution in [0.3, 0.4) is 0 Å². The van der Waals surface area contributed by atoms with Crippen LogP contribution in [0, 0.1) is 5.92 Å². The summed E-state index contributed by atoms with van der Waals surface area (Å²) >= 11 is 0. The predicted octanol–water partition coefficient (Wildman–Crippen LogP) is 4.11. The van der Waals surface area contributed by atoms with Gasteiger partial charge in [0.1, 0.15) is 0 Å². The van der Waals surface area contributed by atoms with Gasteiger partial charge in [0, 0.05) is 29.7 Å². The molecule has 0 bridgehead atoms. The number of likely N-dealkylation sites (tertiary alicyclic amines) is 1. The number of nitrogens with zero attached hydrogens (tertiary/aromatic N) is 1. The van der Waals surface area contributed by atoms with Gasteiger partial charge in [0.25, 0.3) is 0 Å². The van der Waals surface area contributed by atoms with Gasteiger partial charge in [-0.15, -0.1) is 0 Å². The zero-order chi connectivity index (χ0) is 17.8. The lowest BCUT2D eigenvalue weighted by Crippen LogP contribution is -2.36. The Morgan fingerprint density at radius 1 is 1.40 bits per heavy atom. The van der Waals surface area contributed by atoms with Gasteiger partial charge in [-0.2, -0.15) is 0 Å². The Kier molecular flexibility index (Phi) is 5.79. The number of aromatic nitrogens is 1. The van der Waals surface area contributed by atoms with Crippen LogP contribution in [-0.2, 0) is 16.0 Å². The molecular weight excluding hydrogens is 312 g/mol. The van der Waals surface area contributed by atoms with E-state index in [0.29, 0.717) is 0 Å². The molecule has 1 aliphatic rings. The van der Waals surface area contributed by atoms with Crippen molar-refractivity contribution in [2.24, 2.45) is 5.92 Å². The molecule has 0 spiro atoms. The van der Waals surface area contributed by atoms with Crippen molar-refractivity contribution in [2.45, 2.75) is 45.4 Å². The number of rotatable bonds is 6. The average molecular weight is 342 g/mol. The maximum atomic E-state index is 12.1. The molecule has 2 heterocycles. The molecule has 1 aromatic carbocycles. The van der Waals surface area contributed by atoms with Crippen molar-refractivity contribution in [1.82, 2.24) is 9.88 Å². The van der Waals surface area contributed by atoms with Crippen molar-refractivity contribution >= 4 is 16.9 Å². The zero-order valence-electron chi connectivity index (χ0n) is 15.7. The first-order valence-corrected chi connectivity index (χ1v) is 9.53. The van der Waals surface area contributed by atoms with Gasteiger partial charge in [-0.25, -0.2) is 0 Å². The minimum atomic E-state index is -0.267. The average Bonchev–Trinajstić information content (AvgIpc) is 3.03. The van der Waals surface area contributed by atoms with Crippen LogP contribution in [0.25, 0.3) is 10.9 Å². The van der Waals surface area contributed by atoms with Crippen LogP contribution in [0.4, 0.5) is 0 Å². The number of hydrogen-bond acceptors (Lipinski definition) is 3. The Balaban J connectivity index is 1.82. The number of esters is 1. The molecule has 1 saturated heterocycles. The van der Waals surface area contributed by atoms with E-state index in [9.17, 15) is 4.79 Å². The van der Waals surface area contributed by atoms with Gasteiger partial charge >= 0.3 is 5.97 Å². The molecule has 4 nitrogen and oxygen atoms in total.